The second kappa shape index (κ2) is 6.19. The molecule has 4 nitrogen and oxygen atoms in total. The lowest BCUT2D eigenvalue weighted by Crippen LogP contribution is -2.11. The van der Waals surface area contributed by atoms with Crippen LogP contribution in [0.4, 0.5) is 11.4 Å². The average molecular weight is 270 g/mol. The standard InChI is InChI=1S/C16H18N2O2/c1-12(14-7-4-3-5-8-14)11-17-15-9-6-10-16(13(15)2)18(19)20/h3-10,12,17H,11H2,1-2H3. The Kier molecular flexibility index (Phi) is 4.35. The van der Waals surface area contributed by atoms with Crippen LogP contribution >= 0.6 is 0 Å². The van der Waals surface area contributed by atoms with Gasteiger partial charge in [0.05, 0.1) is 4.92 Å². The molecule has 4 heteroatoms. The molecule has 0 aliphatic heterocycles. The zero-order chi connectivity index (χ0) is 14.5. The fraction of sp³-hybridized carbons (Fsp3) is 0.250. The lowest BCUT2D eigenvalue weighted by Gasteiger charge is -2.15. The van der Waals surface area contributed by atoms with Crippen LogP contribution in [0, 0.1) is 17.0 Å². The van der Waals surface area contributed by atoms with E-state index in [1.165, 1.54) is 11.6 Å². The monoisotopic (exact) mass is 270 g/mol. The fourth-order valence-corrected chi connectivity index (χ4v) is 2.18. The van der Waals surface area contributed by atoms with Crippen LogP contribution in [0.5, 0.6) is 0 Å². The Morgan fingerprint density at radius 1 is 1.15 bits per heavy atom. The molecule has 0 heterocycles. The van der Waals surface area contributed by atoms with E-state index in [1.54, 1.807) is 13.0 Å². The van der Waals surface area contributed by atoms with Crippen molar-refractivity contribution in [3.63, 3.8) is 0 Å². The van der Waals surface area contributed by atoms with Gasteiger partial charge in [-0.15, -0.1) is 0 Å². The Bertz CT molecular complexity index is 597. The van der Waals surface area contributed by atoms with Crippen LogP contribution in [0.3, 0.4) is 0 Å². The van der Waals surface area contributed by atoms with Crippen molar-refractivity contribution < 1.29 is 4.92 Å². The van der Waals surface area contributed by atoms with Crippen LogP contribution in [0.1, 0.15) is 24.0 Å². The molecule has 0 aliphatic carbocycles. The van der Waals surface area contributed by atoms with Crippen molar-refractivity contribution in [2.75, 3.05) is 11.9 Å². The summed E-state index contributed by atoms with van der Waals surface area (Å²) in [6, 6.07) is 15.3. The van der Waals surface area contributed by atoms with Crippen molar-refractivity contribution in [1.29, 1.82) is 0 Å². The number of nitro groups is 1. The fourth-order valence-electron chi connectivity index (χ4n) is 2.18. The normalized spacial score (nSPS) is 11.9. The summed E-state index contributed by atoms with van der Waals surface area (Å²) in [4.78, 5) is 10.6. The second-order valence-electron chi connectivity index (χ2n) is 4.90. The molecule has 0 aliphatic rings. The summed E-state index contributed by atoms with van der Waals surface area (Å²) in [5.41, 5.74) is 2.91. The summed E-state index contributed by atoms with van der Waals surface area (Å²) in [6.45, 7) is 4.65. The quantitative estimate of drug-likeness (QED) is 0.656. The molecule has 1 atom stereocenters. The molecule has 0 saturated carbocycles. The molecule has 1 unspecified atom stereocenters. The average Bonchev–Trinajstić information content (AvgIpc) is 2.46. The first kappa shape index (κ1) is 14.1. The van der Waals surface area contributed by atoms with Crippen LogP contribution in [0.25, 0.3) is 0 Å². The molecule has 0 fully saturated rings. The van der Waals surface area contributed by atoms with Gasteiger partial charge in [-0.05, 0) is 24.5 Å². The first-order valence-electron chi connectivity index (χ1n) is 6.62. The van der Waals surface area contributed by atoms with E-state index in [0.717, 1.165) is 12.2 Å². The highest BCUT2D eigenvalue weighted by Crippen LogP contribution is 2.26. The Labute approximate surface area is 118 Å². The molecule has 0 spiro atoms. The van der Waals surface area contributed by atoms with Gasteiger partial charge in [-0.3, -0.25) is 10.1 Å². The van der Waals surface area contributed by atoms with E-state index in [1.807, 2.05) is 24.3 Å². The van der Waals surface area contributed by atoms with E-state index >= 15 is 0 Å². The summed E-state index contributed by atoms with van der Waals surface area (Å²) in [5, 5.41) is 14.2. The highest BCUT2D eigenvalue weighted by atomic mass is 16.6. The number of nitrogens with one attached hydrogen (secondary N) is 1. The number of hydrogen-bond acceptors (Lipinski definition) is 3. The van der Waals surface area contributed by atoms with Crippen molar-refractivity contribution in [3.8, 4) is 0 Å². The summed E-state index contributed by atoms with van der Waals surface area (Å²) >= 11 is 0. The number of benzene rings is 2. The van der Waals surface area contributed by atoms with Gasteiger partial charge >= 0.3 is 0 Å². The van der Waals surface area contributed by atoms with E-state index in [4.69, 9.17) is 0 Å². The van der Waals surface area contributed by atoms with Crippen LogP contribution in [0.15, 0.2) is 48.5 Å². The molecular weight excluding hydrogens is 252 g/mol. The van der Waals surface area contributed by atoms with Crippen molar-refractivity contribution in [2.24, 2.45) is 0 Å². The molecule has 2 aromatic rings. The summed E-state index contributed by atoms with van der Waals surface area (Å²) in [6.07, 6.45) is 0. The van der Waals surface area contributed by atoms with E-state index in [0.29, 0.717) is 11.5 Å². The lowest BCUT2D eigenvalue weighted by atomic mass is 10.0. The number of nitro benzene ring substituents is 1. The topological polar surface area (TPSA) is 55.2 Å². The molecule has 1 N–H and O–H groups in total. The Hall–Kier alpha value is -2.36. The van der Waals surface area contributed by atoms with Gasteiger partial charge in [0, 0.05) is 23.9 Å². The van der Waals surface area contributed by atoms with Crippen molar-refractivity contribution >= 4 is 11.4 Å². The zero-order valence-electron chi connectivity index (χ0n) is 11.7. The smallest absolute Gasteiger partial charge is 0.274 e. The van der Waals surface area contributed by atoms with E-state index in [9.17, 15) is 10.1 Å². The predicted octanol–water partition coefficient (Wildman–Crippen LogP) is 4.12. The van der Waals surface area contributed by atoms with E-state index < -0.39 is 0 Å². The van der Waals surface area contributed by atoms with Crippen LogP contribution in [0.2, 0.25) is 0 Å². The Morgan fingerprint density at radius 2 is 1.85 bits per heavy atom. The minimum Gasteiger partial charge on any atom is -0.384 e. The predicted molar refractivity (Wildman–Crippen MR) is 81.2 cm³/mol. The number of hydrogen-bond donors (Lipinski definition) is 1. The third-order valence-electron chi connectivity index (χ3n) is 3.47. The van der Waals surface area contributed by atoms with Crippen LogP contribution < -0.4 is 5.32 Å². The van der Waals surface area contributed by atoms with Gasteiger partial charge in [-0.2, -0.15) is 0 Å². The summed E-state index contributed by atoms with van der Waals surface area (Å²) in [5.74, 6) is 0.342. The first-order valence-corrected chi connectivity index (χ1v) is 6.62. The van der Waals surface area contributed by atoms with Gasteiger partial charge in [-0.25, -0.2) is 0 Å². The second-order valence-corrected chi connectivity index (χ2v) is 4.90. The third-order valence-corrected chi connectivity index (χ3v) is 3.47. The summed E-state index contributed by atoms with van der Waals surface area (Å²) < 4.78 is 0. The van der Waals surface area contributed by atoms with Gasteiger partial charge in [-0.1, -0.05) is 43.3 Å². The molecule has 2 aromatic carbocycles. The maximum absolute atomic E-state index is 10.9. The molecule has 0 amide bonds. The molecular formula is C16H18N2O2. The van der Waals surface area contributed by atoms with Crippen LogP contribution in [-0.2, 0) is 0 Å². The van der Waals surface area contributed by atoms with Crippen molar-refractivity contribution in [3.05, 3.63) is 69.8 Å². The first-order chi connectivity index (χ1) is 9.59. The minimum absolute atomic E-state index is 0.155. The van der Waals surface area contributed by atoms with Gasteiger partial charge in [0.25, 0.3) is 5.69 Å². The number of nitrogens with zero attached hydrogens (tertiary/aromatic N) is 1. The third kappa shape index (κ3) is 3.15. The number of anilines is 1. The molecule has 0 radical (unpaired) electrons. The zero-order valence-corrected chi connectivity index (χ0v) is 11.7. The van der Waals surface area contributed by atoms with Gasteiger partial charge in [0.2, 0.25) is 0 Å². The lowest BCUT2D eigenvalue weighted by molar-refractivity contribution is -0.385. The highest BCUT2D eigenvalue weighted by Gasteiger charge is 2.13. The molecule has 20 heavy (non-hydrogen) atoms. The highest BCUT2D eigenvalue weighted by molar-refractivity contribution is 5.59. The van der Waals surface area contributed by atoms with Crippen molar-refractivity contribution in [2.45, 2.75) is 19.8 Å². The Balaban J connectivity index is 2.08. The van der Waals surface area contributed by atoms with E-state index in [-0.39, 0.29) is 10.6 Å². The van der Waals surface area contributed by atoms with Crippen LogP contribution in [-0.4, -0.2) is 11.5 Å². The van der Waals surface area contributed by atoms with Crippen molar-refractivity contribution in [1.82, 2.24) is 0 Å². The molecule has 0 aromatic heterocycles. The minimum atomic E-state index is -0.346. The molecule has 0 bridgehead atoms. The van der Waals surface area contributed by atoms with Gasteiger partial charge in [0.1, 0.15) is 0 Å². The van der Waals surface area contributed by atoms with Gasteiger partial charge in [0.15, 0.2) is 0 Å². The maximum atomic E-state index is 10.9. The molecule has 0 saturated heterocycles. The SMILES string of the molecule is Cc1c(NCC(C)c2ccccc2)cccc1[N+](=O)[O-]. The molecule has 104 valence electrons. The summed E-state index contributed by atoms with van der Waals surface area (Å²) in [7, 11) is 0. The largest absolute Gasteiger partial charge is 0.384 e. The maximum Gasteiger partial charge on any atom is 0.274 e. The number of rotatable bonds is 5. The van der Waals surface area contributed by atoms with Gasteiger partial charge < -0.3 is 5.32 Å². The Morgan fingerprint density at radius 3 is 2.50 bits per heavy atom. The van der Waals surface area contributed by atoms with E-state index in [2.05, 4.69) is 24.4 Å². The molecule has 2 rings (SSSR count).